The monoisotopic (exact) mass is 376 g/mol. The van der Waals surface area contributed by atoms with Gasteiger partial charge in [0.1, 0.15) is 0 Å². The fourth-order valence-corrected chi connectivity index (χ4v) is 3.00. The van der Waals surface area contributed by atoms with Crippen LogP contribution in [0.3, 0.4) is 0 Å². The highest BCUT2D eigenvalue weighted by molar-refractivity contribution is 9.10. The summed E-state index contributed by atoms with van der Waals surface area (Å²) in [5.41, 5.74) is -0.728. The highest BCUT2D eigenvalue weighted by atomic mass is 79.9. The van der Waals surface area contributed by atoms with Gasteiger partial charge in [-0.15, -0.1) is 0 Å². The average Bonchev–Trinajstić information content (AvgIpc) is 2.40. The van der Waals surface area contributed by atoms with Gasteiger partial charge in [0, 0.05) is 14.3 Å². The van der Waals surface area contributed by atoms with E-state index in [1.54, 1.807) is 6.07 Å². The van der Waals surface area contributed by atoms with Gasteiger partial charge >= 0.3 is 12.1 Å². The Kier molecular flexibility index (Phi) is 4.63. The van der Waals surface area contributed by atoms with Crippen molar-refractivity contribution in [2.24, 2.45) is 0 Å². The van der Waals surface area contributed by atoms with E-state index in [0.717, 1.165) is 17.8 Å². The average molecular weight is 377 g/mol. The molecule has 7 heteroatoms. The van der Waals surface area contributed by atoms with Crippen LogP contribution in [0.15, 0.2) is 56.7 Å². The normalized spacial score (nSPS) is 11.4. The highest BCUT2D eigenvalue weighted by Crippen LogP contribution is 2.40. The van der Waals surface area contributed by atoms with E-state index in [2.05, 4.69) is 15.9 Å². The zero-order chi connectivity index (χ0) is 15.6. The molecule has 0 saturated carbocycles. The second kappa shape index (κ2) is 6.11. The number of benzene rings is 2. The number of hydrogen-bond donors (Lipinski definition) is 1. The summed E-state index contributed by atoms with van der Waals surface area (Å²) in [4.78, 5) is 11.3. The number of hydrogen-bond acceptors (Lipinski definition) is 2. The first-order valence-corrected chi connectivity index (χ1v) is 7.26. The van der Waals surface area contributed by atoms with Crippen LogP contribution in [0.5, 0.6) is 0 Å². The quantitative estimate of drug-likeness (QED) is 0.787. The Morgan fingerprint density at radius 1 is 1.14 bits per heavy atom. The summed E-state index contributed by atoms with van der Waals surface area (Å²) in [6, 6.07) is 9.66. The van der Waals surface area contributed by atoms with Crippen molar-refractivity contribution in [2.45, 2.75) is 16.0 Å². The molecule has 2 nitrogen and oxygen atoms in total. The standard InChI is InChI=1S/C14H8BrF3O2S/c15-9-4-5-12(11(7-9)14(16,17)18)21-10-3-1-2-8(6-10)13(19)20/h1-7H,(H,19,20). The molecule has 0 bridgehead atoms. The summed E-state index contributed by atoms with van der Waals surface area (Å²) < 4.78 is 39.4. The van der Waals surface area contributed by atoms with Crippen molar-refractivity contribution in [1.82, 2.24) is 0 Å². The van der Waals surface area contributed by atoms with Gasteiger partial charge in [0.15, 0.2) is 0 Å². The van der Waals surface area contributed by atoms with Gasteiger partial charge in [-0.3, -0.25) is 0 Å². The number of halogens is 4. The molecule has 21 heavy (non-hydrogen) atoms. The van der Waals surface area contributed by atoms with Crippen LogP contribution in [-0.2, 0) is 6.18 Å². The maximum absolute atomic E-state index is 13.0. The minimum Gasteiger partial charge on any atom is -0.478 e. The summed E-state index contributed by atoms with van der Waals surface area (Å²) in [5, 5.41) is 8.90. The van der Waals surface area contributed by atoms with Gasteiger partial charge in [-0.25, -0.2) is 4.79 Å². The van der Waals surface area contributed by atoms with Crippen molar-refractivity contribution in [1.29, 1.82) is 0 Å². The van der Waals surface area contributed by atoms with Crippen LogP contribution in [0.4, 0.5) is 13.2 Å². The van der Waals surface area contributed by atoms with Gasteiger partial charge in [0.05, 0.1) is 11.1 Å². The highest BCUT2D eigenvalue weighted by Gasteiger charge is 2.33. The lowest BCUT2D eigenvalue weighted by Crippen LogP contribution is -2.06. The molecule has 0 aliphatic rings. The molecule has 0 amide bonds. The molecule has 0 aliphatic carbocycles. The Balaban J connectivity index is 2.40. The van der Waals surface area contributed by atoms with Gasteiger partial charge in [0.25, 0.3) is 0 Å². The van der Waals surface area contributed by atoms with E-state index in [0.29, 0.717) is 9.37 Å². The molecule has 2 aromatic rings. The lowest BCUT2D eigenvalue weighted by molar-refractivity contribution is -0.139. The molecular weight excluding hydrogens is 369 g/mol. The number of rotatable bonds is 3. The van der Waals surface area contributed by atoms with Crippen molar-refractivity contribution in [2.75, 3.05) is 0 Å². The molecule has 0 heterocycles. The van der Waals surface area contributed by atoms with Crippen LogP contribution < -0.4 is 0 Å². The van der Waals surface area contributed by atoms with Crippen LogP contribution in [0.1, 0.15) is 15.9 Å². The van der Waals surface area contributed by atoms with Crippen LogP contribution in [0.25, 0.3) is 0 Å². The fourth-order valence-electron chi connectivity index (χ4n) is 1.63. The summed E-state index contributed by atoms with van der Waals surface area (Å²) in [7, 11) is 0. The first kappa shape index (κ1) is 15.9. The van der Waals surface area contributed by atoms with E-state index in [4.69, 9.17) is 5.11 Å². The third-order valence-corrected chi connectivity index (χ3v) is 4.11. The second-order valence-corrected chi connectivity index (χ2v) is 6.10. The van der Waals surface area contributed by atoms with Crippen molar-refractivity contribution in [3.8, 4) is 0 Å². The number of carboxylic acid groups (broad SMARTS) is 1. The molecule has 0 aliphatic heterocycles. The fraction of sp³-hybridized carbons (Fsp3) is 0.0714. The number of carbonyl (C=O) groups is 1. The number of aromatic carboxylic acids is 1. The predicted molar refractivity (Wildman–Crippen MR) is 76.7 cm³/mol. The van der Waals surface area contributed by atoms with E-state index in [1.807, 2.05) is 0 Å². The lowest BCUT2D eigenvalue weighted by Gasteiger charge is -2.13. The zero-order valence-corrected chi connectivity index (χ0v) is 12.7. The molecule has 0 saturated heterocycles. The molecule has 0 spiro atoms. The Bertz CT molecular complexity index is 686. The van der Waals surface area contributed by atoms with Crippen LogP contribution in [0.2, 0.25) is 0 Å². The van der Waals surface area contributed by atoms with Crippen LogP contribution in [-0.4, -0.2) is 11.1 Å². The molecule has 0 aromatic heterocycles. The molecule has 2 aromatic carbocycles. The topological polar surface area (TPSA) is 37.3 Å². The molecule has 0 radical (unpaired) electrons. The van der Waals surface area contributed by atoms with Gasteiger partial charge in [0.2, 0.25) is 0 Å². The van der Waals surface area contributed by atoms with Gasteiger partial charge < -0.3 is 5.11 Å². The SMILES string of the molecule is O=C(O)c1cccc(Sc2ccc(Br)cc2C(F)(F)F)c1. The molecule has 2 rings (SSSR count). The summed E-state index contributed by atoms with van der Waals surface area (Å²) in [5.74, 6) is -1.12. The largest absolute Gasteiger partial charge is 0.478 e. The lowest BCUT2D eigenvalue weighted by atomic mass is 10.2. The van der Waals surface area contributed by atoms with E-state index in [1.165, 1.54) is 30.3 Å². The third kappa shape index (κ3) is 4.01. The van der Waals surface area contributed by atoms with Gasteiger partial charge in [-0.2, -0.15) is 13.2 Å². The minimum atomic E-state index is -4.48. The van der Waals surface area contributed by atoms with Crippen molar-refractivity contribution < 1.29 is 23.1 Å². The Hall–Kier alpha value is -1.47. The second-order valence-electron chi connectivity index (χ2n) is 4.07. The van der Waals surface area contributed by atoms with Gasteiger partial charge in [-0.05, 0) is 36.4 Å². The molecule has 1 N–H and O–H groups in total. The van der Waals surface area contributed by atoms with Crippen molar-refractivity contribution >= 4 is 33.7 Å². The van der Waals surface area contributed by atoms with Crippen LogP contribution in [0, 0.1) is 0 Å². The van der Waals surface area contributed by atoms with Crippen molar-refractivity contribution in [3.05, 3.63) is 58.1 Å². The van der Waals surface area contributed by atoms with E-state index < -0.39 is 17.7 Å². The van der Waals surface area contributed by atoms with E-state index >= 15 is 0 Å². The van der Waals surface area contributed by atoms with Crippen molar-refractivity contribution in [3.63, 3.8) is 0 Å². The summed E-state index contributed by atoms with van der Waals surface area (Å²) in [6.07, 6.45) is -4.48. The minimum absolute atomic E-state index is 0.0215. The predicted octanol–water partition coefficient (Wildman–Crippen LogP) is 5.32. The van der Waals surface area contributed by atoms with E-state index in [-0.39, 0.29) is 10.5 Å². The number of carboxylic acids is 1. The van der Waals surface area contributed by atoms with Crippen LogP contribution >= 0.6 is 27.7 Å². The molecule has 110 valence electrons. The maximum Gasteiger partial charge on any atom is 0.417 e. The Morgan fingerprint density at radius 2 is 1.86 bits per heavy atom. The zero-order valence-electron chi connectivity index (χ0n) is 10.3. The molecule has 0 unspecified atom stereocenters. The molecular formula is C14H8BrF3O2S. The summed E-state index contributed by atoms with van der Waals surface area (Å²) >= 11 is 3.90. The van der Waals surface area contributed by atoms with Gasteiger partial charge in [-0.1, -0.05) is 33.8 Å². The number of alkyl halides is 3. The maximum atomic E-state index is 13.0. The first-order valence-electron chi connectivity index (χ1n) is 5.65. The Labute approximate surface area is 131 Å². The summed E-state index contributed by atoms with van der Waals surface area (Å²) in [6.45, 7) is 0. The molecule has 0 fully saturated rings. The Morgan fingerprint density at radius 3 is 2.48 bits per heavy atom. The van der Waals surface area contributed by atoms with E-state index in [9.17, 15) is 18.0 Å². The third-order valence-electron chi connectivity index (χ3n) is 2.56. The smallest absolute Gasteiger partial charge is 0.417 e. The molecule has 0 atom stereocenters. The first-order chi connectivity index (χ1) is 9.77.